The summed E-state index contributed by atoms with van der Waals surface area (Å²) in [4.78, 5) is 17.0. The molecular formula is C22H27FN2O2. The summed E-state index contributed by atoms with van der Waals surface area (Å²) >= 11 is 0. The van der Waals surface area contributed by atoms with Crippen molar-refractivity contribution in [3.05, 3.63) is 65.0 Å². The van der Waals surface area contributed by atoms with E-state index in [0.29, 0.717) is 17.7 Å². The number of methoxy groups -OCH3 is 1. The van der Waals surface area contributed by atoms with Gasteiger partial charge in [0.05, 0.1) is 7.11 Å². The number of carbonyl (C=O) groups is 1. The maximum absolute atomic E-state index is 13.9. The van der Waals surface area contributed by atoms with Crippen LogP contribution in [-0.2, 0) is 6.54 Å². The summed E-state index contributed by atoms with van der Waals surface area (Å²) in [6, 6.07) is 12.5. The van der Waals surface area contributed by atoms with Gasteiger partial charge in [-0.25, -0.2) is 4.39 Å². The van der Waals surface area contributed by atoms with Crippen LogP contribution in [0.1, 0.15) is 34.3 Å². The average molecular weight is 370 g/mol. The number of likely N-dealkylation sites (N-methyl/N-ethyl adjacent to an activating group) is 1. The Labute approximate surface area is 160 Å². The maximum Gasteiger partial charge on any atom is 0.253 e. The normalized spacial score (nSPS) is 17.6. The molecule has 0 radical (unpaired) electrons. The molecule has 5 heteroatoms. The van der Waals surface area contributed by atoms with Crippen LogP contribution in [-0.4, -0.2) is 49.0 Å². The van der Waals surface area contributed by atoms with Crippen molar-refractivity contribution < 1.29 is 13.9 Å². The first kappa shape index (κ1) is 19.4. The maximum atomic E-state index is 13.9. The van der Waals surface area contributed by atoms with Gasteiger partial charge in [0.2, 0.25) is 0 Å². The Morgan fingerprint density at radius 1 is 1.30 bits per heavy atom. The molecule has 1 atom stereocenters. The highest BCUT2D eigenvalue weighted by atomic mass is 19.1. The summed E-state index contributed by atoms with van der Waals surface area (Å²) in [6.07, 6.45) is 1.96. The lowest BCUT2D eigenvalue weighted by atomic mass is 10.0. The van der Waals surface area contributed by atoms with Gasteiger partial charge in [-0.3, -0.25) is 9.69 Å². The van der Waals surface area contributed by atoms with Crippen LogP contribution in [0.15, 0.2) is 42.5 Å². The van der Waals surface area contributed by atoms with Crippen molar-refractivity contribution >= 4 is 5.91 Å². The Hall–Kier alpha value is -2.40. The molecule has 0 unspecified atom stereocenters. The van der Waals surface area contributed by atoms with Gasteiger partial charge in [-0.1, -0.05) is 18.2 Å². The standard InChI is InChI=1S/C22H27FN2O2/c1-16-13-17(10-11-21(16)27-3)22(26)24(2)19-8-6-12-25(15-19)14-18-7-4-5-9-20(18)23/h4-5,7,9-11,13,19H,6,8,12,14-15H2,1-3H3/t19-/m0/s1. The van der Waals surface area contributed by atoms with E-state index in [4.69, 9.17) is 4.74 Å². The third-order valence-corrected chi connectivity index (χ3v) is 5.34. The zero-order valence-electron chi connectivity index (χ0n) is 16.2. The monoisotopic (exact) mass is 370 g/mol. The summed E-state index contributed by atoms with van der Waals surface area (Å²) in [5.74, 6) is 0.624. The van der Waals surface area contributed by atoms with Crippen molar-refractivity contribution in [2.75, 3.05) is 27.2 Å². The van der Waals surface area contributed by atoms with Crippen LogP contribution in [0.25, 0.3) is 0 Å². The van der Waals surface area contributed by atoms with E-state index < -0.39 is 0 Å². The molecule has 2 aromatic rings. The number of rotatable bonds is 5. The number of piperidine rings is 1. The topological polar surface area (TPSA) is 32.8 Å². The third-order valence-electron chi connectivity index (χ3n) is 5.34. The van der Waals surface area contributed by atoms with E-state index in [0.717, 1.165) is 37.2 Å². The summed E-state index contributed by atoms with van der Waals surface area (Å²) in [5, 5.41) is 0. The zero-order chi connectivity index (χ0) is 19.4. The number of carbonyl (C=O) groups excluding carboxylic acids is 1. The molecule has 1 fully saturated rings. The minimum absolute atomic E-state index is 0.0125. The van der Waals surface area contributed by atoms with E-state index in [2.05, 4.69) is 4.90 Å². The average Bonchev–Trinajstić information content (AvgIpc) is 2.69. The fourth-order valence-corrected chi connectivity index (χ4v) is 3.74. The number of likely N-dealkylation sites (tertiary alicyclic amines) is 1. The van der Waals surface area contributed by atoms with Crippen molar-refractivity contribution in [2.24, 2.45) is 0 Å². The third kappa shape index (κ3) is 4.48. The van der Waals surface area contributed by atoms with Crippen molar-refractivity contribution in [2.45, 2.75) is 32.4 Å². The molecule has 1 aliphatic heterocycles. The van der Waals surface area contributed by atoms with Gasteiger partial charge in [0.25, 0.3) is 5.91 Å². The van der Waals surface area contributed by atoms with E-state index in [1.807, 2.05) is 49.2 Å². The van der Waals surface area contributed by atoms with Gasteiger partial charge in [0.15, 0.2) is 0 Å². The Balaban J connectivity index is 1.67. The van der Waals surface area contributed by atoms with Crippen molar-refractivity contribution in [1.29, 1.82) is 0 Å². The molecule has 0 spiro atoms. The number of benzene rings is 2. The molecule has 3 rings (SSSR count). The Morgan fingerprint density at radius 3 is 2.78 bits per heavy atom. The van der Waals surface area contributed by atoms with Gasteiger partial charge in [-0.05, 0) is 56.1 Å². The molecule has 0 N–H and O–H groups in total. The van der Waals surface area contributed by atoms with Gasteiger partial charge in [-0.2, -0.15) is 0 Å². The highest BCUT2D eigenvalue weighted by Gasteiger charge is 2.27. The second kappa shape index (κ2) is 8.53. The van der Waals surface area contributed by atoms with E-state index in [1.165, 1.54) is 6.07 Å². The van der Waals surface area contributed by atoms with Crippen LogP contribution < -0.4 is 4.74 Å². The molecule has 0 aromatic heterocycles. The van der Waals surface area contributed by atoms with Gasteiger partial charge in [0.1, 0.15) is 11.6 Å². The molecule has 144 valence electrons. The highest BCUT2D eigenvalue weighted by molar-refractivity contribution is 5.94. The van der Waals surface area contributed by atoms with E-state index >= 15 is 0 Å². The number of hydrogen-bond acceptors (Lipinski definition) is 3. The SMILES string of the molecule is COc1ccc(C(=O)N(C)[C@H]2CCCN(Cc3ccccc3F)C2)cc1C. The first-order chi connectivity index (χ1) is 13.0. The molecule has 1 aliphatic rings. The molecule has 2 aromatic carbocycles. The lowest BCUT2D eigenvalue weighted by Crippen LogP contribution is -2.48. The number of amides is 1. The Morgan fingerprint density at radius 2 is 2.07 bits per heavy atom. The van der Waals surface area contributed by atoms with Crippen molar-refractivity contribution in [1.82, 2.24) is 9.80 Å². The molecule has 27 heavy (non-hydrogen) atoms. The van der Waals surface area contributed by atoms with E-state index in [-0.39, 0.29) is 17.8 Å². The summed E-state index contributed by atoms with van der Waals surface area (Å²) in [6.45, 7) is 4.19. The van der Waals surface area contributed by atoms with Gasteiger partial charge in [0, 0.05) is 37.3 Å². The number of halogens is 1. The number of hydrogen-bond donors (Lipinski definition) is 0. The van der Waals surface area contributed by atoms with Crippen LogP contribution in [0.2, 0.25) is 0 Å². The molecular weight excluding hydrogens is 343 g/mol. The van der Waals surface area contributed by atoms with Gasteiger partial charge < -0.3 is 9.64 Å². The summed E-state index contributed by atoms with van der Waals surface area (Å²) in [5.41, 5.74) is 2.32. The smallest absolute Gasteiger partial charge is 0.253 e. The Bertz CT molecular complexity index is 809. The lowest BCUT2D eigenvalue weighted by molar-refractivity contribution is 0.0607. The largest absolute Gasteiger partial charge is 0.496 e. The predicted molar refractivity (Wildman–Crippen MR) is 105 cm³/mol. The molecule has 1 amide bonds. The first-order valence-corrected chi connectivity index (χ1v) is 9.37. The lowest BCUT2D eigenvalue weighted by Gasteiger charge is -2.37. The minimum Gasteiger partial charge on any atom is -0.496 e. The second-order valence-corrected chi connectivity index (χ2v) is 7.22. The van der Waals surface area contributed by atoms with Crippen LogP contribution in [0.4, 0.5) is 4.39 Å². The molecule has 1 heterocycles. The first-order valence-electron chi connectivity index (χ1n) is 9.37. The summed E-state index contributed by atoms with van der Waals surface area (Å²) < 4.78 is 19.2. The number of aryl methyl sites for hydroxylation is 1. The number of nitrogens with zero attached hydrogens (tertiary/aromatic N) is 2. The molecule has 0 aliphatic carbocycles. The van der Waals surface area contributed by atoms with Crippen LogP contribution in [0, 0.1) is 12.7 Å². The minimum atomic E-state index is -0.169. The van der Waals surface area contributed by atoms with E-state index in [9.17, 15) is 9.18 Å². The van der Waals surface area contributed by atoms with Crippen molar-refractivity contribution in [3.63, 3.8) is 0 Å². The number of ether oxygens (including phenoxy) is 1. The predicted octanol–water partition coefficient (Wildman–Crippen LogP) is 3.88. The summed E-state index contributed by atoms with van der Waals surface area (Å²) in [7, 11) is 3.49. The van der Waals surface area contributed by atoms with Gasteiger partial charge in [-0.15, -0.1) is 0 Å². The van der Waals surface area contributed by atoms with Crippen LogP contribution in [0.3, 0.4) is 0 Å². The van der Waals surface area contributed by atoms with Crippen LogP contribution >= 0.6 is 0 Å². The van der Waals surface area contributed by atoms with Gasteiger partial charge >= 0.3 is 0 Å². The second-order valence-electron chi connectivity index (χ2n) is 7.22. The fraction of sp³-hybridized carbons (Fsp3) is 0.409. The van der Waals surface area contributed by atoms with Crippen molar-refractivity contribution in [3.8, 4) is 5.75 Å². The molecule has 0 bridgehead atoms. The highest BCUT2D eigenvalue weighted by Crippen LogP contribution is 2.22. The Kier molecular flexibility index (Phi) is 6.11. The molecule has 0 saturated carbocycles. The zero-order valence-corrected chi connectivity index (χ0v) is 16.2. The molecule has 1 saturated heterocycles. The fourth-order valence-electron chi connectivity index (χ4n) is 3.74. The van der Waals surface area contributed by atoms with E-state index in [1.54, 1.807) is 13.2 Å². The quantitative estimate of drug-likeness (QED) is 0.801. The van der Waals surface area contributed by atoms with Crippen LogP contribution in [0.5, 0.6) is 5.75 Å². The molecule has 4 nitrogen and oxygen atoms in total.